The lowest BCUT2D eigenvalue weighted by Gasteiger charge is -2.35. The monoisotopic (exact) mass is 367 g/mol. The van der Waals surface area contributed by atoms with Crippen molar-refractivity contribution < 1.29 is 9.32 Å². The van der Waals surface area contributed by atoms with Gasteiger partial charge in [-0.15, -0.1) is 0 Å². The molecule has 1 amide bonds. The van der Waals surface area contributed by atoms with Crippen LogP contribution in [-0.4, -0.2) is 47.0 Å². The summed E-state index contributed by atoms with van der Waals surface area (Å²) < 4.78 is 5.10. The van der Waals surface area contributed by atoms with E-state index in [9.17, 15) is 4.79 Å². The van der Waals surface area contributed by atoms with E-state index in [4.69, 9.17) is 27.7 Å². The molecule has 0 saturated carbocycles. The molecule has 2 heterocycles. The molecule has 128 valence electrons. The van der Waals surface area contributed by atoms with Gasteiger partial charge in [-0.05, 0) is 26.0 Å². The van der Waals surface area contributed by atoms with Gasteiger partial charge < -0.3 is 9.42 Å². The van der Waals surface area contributed by atoms with Crippen LogP contribution in [0.5, 0.6) is 0 Å². The first kappa shape index (κ1) is 17.3. The predicted molar refractivity (Wildman–Crippen MR) is 93.6 cm³/mol. The molecule has 0 bridgehead atoms. The number of piperazine rings is 1. The minimum absolute atomic E-state index is 0.0123. The van der Waals surface area contributed by atoms with Crippen LogP contribution < -0.4 is 0 Å². The molecule has 0 unspecified atom stereocenters. The lowest BCUT2D eigenvalue weighted by molar-refractivity contribution is 0.0626. The van der Waals surface area contributed by atoms with Gasteiger partial charge >= 0.3 is 0 Å². The molecule has 1 aliphatic rings. The molecule has 1 aromatic heterocycles. The van der Waals surface area contributed by atoms with E-state index in [-0.39, 0.29) is 5.91 Å². The minimum Gasteiger partial charge on any atom is -0.361 e. The van der Waals surface area contributed by atoms with E-state index in [1.165, 1.54) is 0 Å². The number of aryl methyl sites for hydroxylation is 2. The molecule has 0 atom stereocenters. The van der Waals surface area contributed by atoms with Crippen LogP contribution in [0, 0.1) is 13.8 Å². The van der Waals surface area contributed by atoms with Crippen molar-refractivity contribution in [1.29, 1.82) is 0 Å². The second-order valence-corrected chi connectivity index (χ2v) is 6.78. The number of halogens is 2. The van der Waals surface area contributed by atoms with Gasteiger partial charge in [-0.1, -0.05) is 34.4 Å². The summed E-state index contributed by atoms with van der Waals surface area (Å²) in [6.07, 6.45) is 0. The van der Waals surface area contributed by atoms with Crippen LogP contribution in [0.2, 0.25) is 10.0 Å². The zero-order valence-electron chi connectivity index (χ0n) is 13.7. The first-order chi connectivity index (χ1) is 11.5. The fraction of sp³-hybridized carbons (Fsp3) is 0.412. The molecule has 1 saturated heterocycles. The summed E-state index contributed by atoms with van der Waals surface area (Å²) in [4.78, 5) is 16.7. The van der Waals surface area contributed by atoms with E-state index < -0.39 is 0 Å². The summed E-state index contributed by atoms with van der Waals surface area (Å²) in [5, 5.41) is 5.22. The first-order valence-electron chi connectivity index (χ1n) is 7.84. The third kappa shape index (κ3) is 3.43. The van der Waals surface area contributed by atoms with Gasteiger partial charge in [0.05, 0.1) is 5.69 Å². The molecule has 0 aliphatic carbocycles. The molecule has 0 N–H and O–H groups in total. The highest BCUT2D eigenvalue weighted by atomic mass is 35.5. The van der Waals surface area contributed by atoms with Crippen LogP contribution in [0.1, 0.15) is 27.4 Å². The molecule has 1 aliphatic heterocycles. The molecule has 5 nitrogen and oxygen atoms in total. The Bertz CT molecular complexity index is 713. The van der Waals surface area contributed by atoms with E-state index in [0.29, 0.717) is 46.7 Å². The van der Waals surface area contributed by atoms with Gasteiger partial charge in [-0.25, -0.2) is 0 Å². The molecule has 3 rings (SSSR count). The standard InChI is InChI=1S/C17H19Cl2N3O2/c1-11-16(12(2)24-20-11)17(23)22-8-6-21(7-9-22)10-13-14(18)4-3-5-15(13)19/h3-5H,6-10H2,1-2H3. The maximum Gasteiger partial charge on any atom is 0.259 e. The van der Waals surface area contributed by atoms with Crippen molar-refractivity contribution in [2.45, 2.75) is 20.4 Å². The third-order valence-corrected chi connectivity index (χ3v) is 5.06. The summed E-state index contributed by atoms with van der Waals surface area (Å²) in [6, 6.07) is 5.54. The number of hydrogen-bond acceptors (Lipinski definition) is 4. The van der Waals surface area contributed by atoms with Crippen LogP contribution >= 0.6 is 23.2 Å². The second-order valence-electron chi connectivity index (χ2n) is 5.97. The molecular formula is C17H19Cl2N3O2. The van der Waals surface area contributed by atoms with Gasteiger partial charge in [0.1, 0.15) is 11.3 Å². The van der Waals surface area contributed by atoms with E-state index >= 15 is 0 Å². The summed E-state index contributed by atoms with van der Waals surface area (Å²) in [5.74, 6) is 0.560. The fourth-order valence-electron chi connectivity index (χ4n) is 2.96. The molecular weight excluding hydrogens is 349 g/mol. The smallest absolute Gasteiger partial charge is 0.259 e. The quantitative estimate of drug-likeness (QED) is 0.831. The topological polar surface area (TPSA) is 49.6 Å². The fourth-order valence-corrected chi connectivity index (χ4v) is 3.48. The zero-order chi connectivity index (χ0) is 17.3. The number of rotatable bonds is 3. The van der Waals surface area contributed by atoms with E-state index in [1.54, 1.807) is 13.8 Å². The predicted octanol–water partition coefficient (Wildman–Crippen LogP) is 3.56. The molecule has 2 aromatic rings. The Kier molecular flexibility index (Phi) is 5.13. The number of amides is 1. The van der Waals surface area contributed by atoms with Crippen LogP contribution in [0.4, 0.5) is 0 Å². The highest BCUT2D eigenvalue weighted by Crippen LogP contribution is 2.26. The summed E-state index contributed by atoms with van der Waals surface area (Å²) >= 11 is 12.5. The Morgan fingerprint density at radius 3 is 2.33 bits per heavy atom. The summed E-state index contributed by atoms with van der Waals surface area (Å²) in [5.41, 5.74) is 2.16. The average Bonchev–Trinajstić information content (AvgIpc) is 2.90. The highest BCUT2D eigenvalue weighted by Gasteiger charge is 2.27. The normalized spacial score (nSPS) is 15.8. The van der Waals surface area contributed by atoms with Gasteiger partial charge in [-0.3, -0.25) is 9.69 Å². The van der Waals surface area contributed by atoms with Crippen LogP contribution in [0.25, 0.3) is 0 Å². The van der Waals surface area contributed by atoms with Gasteiger partial charge in [0.25, 0.3) is 5.91 Å². The Balaban J connectivity index is 1.63. The second kappa shape index (κ2) is 7.13. The Morgan fingerprint density at radius 2 is 1.79 bits per heavy atom. The van der Waals surface area contributed by atoms with Gasteiger partial charge in [-0.2, -0.15) is 0 Å². The molecule has 0 spiro atoms. The largest absolute Gasteiger partial charge is 0.361 e. The first-order valence-corrected chi connectivity index (χ1v) is 8.60. The number of hydrogen-bond donors (Lipinski definition) is 0. The summed E-state index contributed by atoms with van der Waals surface area (Å²) in [6.45, 7) is 7.11. The SMILES string of the molecule is Cc1noc(C)c1C(=O)N1CCN(Cc2c(Cl)cccc2Cl)CC1. The third-order valence-electron chi connectivity index (χ3n) is 4.35. The Morgan fingerprint density at radius 1 is 1.17 bits per heavy atom. The van der Waals surface area contributed by atoms with Crippen LogP contribution in [-0.2, 0) is 6.54 Å². The maximum absolute atomic E-state index is 12.6. The number of carbonyl (C=O) groups excluding carboxylic acids is 1. The Labute approximate surface area is 151 Å². The molecule has 24 heavy (non-hydrogen) atoms. The van der Waals surface area contributed by atoms with Crippen molar-refractivity contribution in [1.82, 2.24) is 15.0 Å². The van der Waals surface area contributed by atoms with Crippen molar-refractivity contribution in [3.05, 3.63) is 50.8 Å². The average molecular weight is 368 g/mol. The van der Waals surface area contributed by atoms with Crippen molar-refractivity contribution in [2.24, 2.45) is 0 Å². The van der Waals surface area contributed by atoms with Crippen molar-refractivity contribution in [2.75, 3.05) is 26.2 Å². The zero-order valence-corrected chi connectivity index (χ0v) is 15.2. The number of aromatic nitrogens is 1. The van der Waals surface area contributed by atoms with Gasteiger partial charge in [0.15, 0.2) is 0 Å². The van der Waals surface area contributed by atoms with E-state index in [2.05, 4.69) is 10.1 Å². The molecule has 1 aromatic carbocycles. The number of benzene rings is 1. The van der Waals surface area contributed by atoms with Crippen LogP contribution in [0.15, 0.2) is 22.7 Å². The number of nitrogens with zero attached hydrogens (tertiary/aromatic N) is 3. The molecule has 0 radical (unpaired) electrons. The summed E-state index contributed by atoms with van der Waals surface area (Å²) in [7, 11) is 0. The van der Waals surface area contributed by atoms with Crippen molar-refractivity contribution in [3.8, 4) is 0 Å². The van der Waals surface area contributed by atoms with E-state index in [0.717, 1.165) is 18.7 Å². The van der Waals surface area contributed by atoms with Crippen molar-refractivity contribution in [3.63, 3.8) is 0 Å². The lowest BCUT2D eigenvalue weighted by atomic mass is 10.1. The lowest BCUT2D eigenvalue weighted by Crippen LogP contribution is -2.48. The Hall–Kier alpha value is -1.56. The molecule has 7 heteroatoms. The maximum atomic E-state index is 12.6. The number of carbonyl (C=O) groups is 1. The van der Waals surface area contributed by atoms with Crippen molar-refractivity contribution >= 4 is 29.1 Å². The minimum atomic E-state index is -0.0123. The van der Waals surface area contributed by atoms with Gasteiger partial charge in [0, 0.05) is 48.3 Å². The van der Waals surface area contributed by atoms with Gasteiger partial charge in [0.2, 0.25) is 0 Å². The molecule has 1 fully saturated rings. The highest BCUT2D eigenvalue weighted by molar-refractivity contribution is 6.35. The van der Waals surface area contributed by atoms with Crippen LogP contribution in [0.3, 0.4) is 0 Å². The van der Waals surface area contributed by atoms with E-state index in [1.807, 2.05) is 23.1 Å².